The molecule has 0 aromatic heterocycles. The van der Waals surface area contributed by atoms with E-state index >= 15 is 0 Å². The molecule has 0 aliphatic rings. The zero-order valence-electron chi connectivity index (χ0n) is 11.8. The third-order valence-corrected chi connectivity index (χ3v) is 3.66. The number of anilines is 1. The SMILES string of the molecule is NS(=O)(=O)Cc1ccc(NC(=O)c2ccc([N+](=O)[O-])cc2)cc1. The van der Waals surface area contributed by atoms with Gasteiger partial charge in [-0.3, -0.25) is 14.9 Å². The van der Waals surface area contributed by atoms with Crippen molar-refractivity contribution >= 4 is 27.3 Å². The van der Waals surface area contributed by atoms with Crippen molar-refractivity contribution in [3.05, 3.63) is 69.8 Å². The second-order valence-corrected chi connectivity index (χ2v) is 6.38. The topological polar surface area (TPSA) is 132 Å². The molecule has 0 aliphatic carbocycles. The number of nitro groups is 1. The molecule has 8 nitrogen and oxygen atoms in total. The summed E-state index contributed by atoms with van der Waals surface area (Å²) in [7, 11) is -3.61. The Bertz CT molecular complexity index is 830. The highest BCUT2D eigenvalue weighted by Gasteiger charge is 2.10. The van der Waals surface area contributed by atoms with E-state index in [9.17, 15) is 23.3 Å². The summed E-state index contributed by atoms with van der Waals surface area (Å²) in [5, 5.41) is 18.1. The Morgan fingerprint density at radius 1 is 1.09 bits per heavy atom. The van der Waals surface area contributed by atoms with E-state index in [4.69, 9.17) is 5.14 Å². The largest absolute Gasteiger partial charge is 0.322 e. The van der Waals surface area contributed by atoms with Crippen molar-refractivity contribution in [1.82, 2.24) is 0 Å². The van der Waals surface area contributed by atoms with Gasteiger partial charge in [-0.2, -0.15) is 0 Å². The molecule has 2 rings (SSSR count). The van der Waals surface area contributed by atoms with Crippen LogP contribution in [0.1, 0.15) is 15.9 Å². The molecule has 120 valence electrons. The number of sulfonamides is 1. The third kappa shape index (κ3) is 4.87. The monoisotopic (exact) mass is 335 g/mol. The first-order chi connectivity index (χ1) is 10.7. The highest BCUT2D eigenvalue weighted by atomic mass is 32.2. The van der Waals surface area contributed by atoms with E-state index in [-0.39, 0.29) is 17.0 Å². The fraction of sp³-hybridized carbons (Fsp3) is 0.0714. The number of benzene rings is 2. The number of rotatable bonds is 5. The van der Waals surface area contributed by atoms with Gasteiger partial charge < -0.3 is 5.32 Å². The number of primary sulfonamides is 1. The Morgan fingerprint density at radius 2 is 1.65 bits per heavy atom. The van der Waals surface area contributed by atoms with Gasteiger partial charge in [-0.15, -0.1) is 0 Å². The lowest BCUT2D eigenvalue weighted by Crippen LogP contribution is -2.15. The van der Waals surface area contributed by atoms with Gasteiger partial charge in [-0.05, 0) is 29.8 Å². The van der Waals surface area contributed by atoms with Crippen molar-refractivity contribution in [2.24, 2.45) is 5.14 Å². The van der Waals surface area contributed by atoms with Crippen LogP contribution in [-0.4, -0.2) is 19.2 Å². The maximum Gasteiger partial charge on any atom is 0.269 e. The van der Waals surface area contributed by atoms with Crippen LogP contribution >= 0.6 is 0 Å². The molecule has 0 saturated heterocycles. The maximum atomic E-state index is 12.0. The predicted octanol–water partition coefficient (Wildman–Crippen LogP) is 1.64. The number of nitrogens with one attached hydrogen (secondary N) is 1. The molecule has 0 fully saturated rings. The van der Waals surface area contributed by atoms with Gasteiger partial charge in [0, 0.05) is 23.4 Å². The fourth-order valence-electron chi connectivity index (χ4n) is 1.85. The van der Waals surface area contributed by atoms with E-state index in [1.54, 1.807) is 12.1 Å². The predicted molar refractivity (Wildman–Crippen MR) is 84.3 cm³/mol. The summed E-state index contributed by atoms with van der Waals surface area (Å²) in [5.41, 5.74) is 1.13. The van der Waals surface area contributed by atoms with Crippen LogP contribution in [0.4, 0.5) is 11.4 Å². The summed E-state index contributed by atoms with van der Waals surface area (Å²) < 4.78 is 22.0. The molecule has 2 aromatic rings. The Labute approximate surface area is 132 Å². The average molecular weight is 335 g/mol. The van der Waals surface area contributed by atoms with E-state index in [2.05, 4.69) is 5.32 Å². The molecule has 0 heterocycles. The van der Waals surface area contributed by atoms with Crippen molar-refractivity contribution in [3.8, 4) is 0 Å². The van der Waals surface area contributed by atoms with Crippen LogP contribution in [0.3, 0.4) is 0 Å². The number of hydrogen-bond donors (Lipinski definition) is 2. The number of amides is 1. The Hall–Kier alpha value is -2.78. The van der Waals surface area contributed by atoms with E-state index in [1.807, 2.05) is 0 Å². The highest BCUT2D eigenvalue weighted by Crippen LogP contribution is 2.15. The van der Waals surface area contributed by atoms with Crippen molar-refractivity contribution in [3.63, 3.8) is 0 Å². The van der Waals surface area contributed by atoms with Gasteiger partial charge in [0.05, 0.1) is 10.7 Å². The van der Waals surface area contributed by atoms with Crippen LogP contribution in [0, 0.1) is 10.1 Å². The van der Waals surface area contributed by atoms with Gasteiger partial charge >= 0.3 is 0 Å². The van der Waals surface area contributed by atoms with Gasteiger partial charge in [0.1, 0.15) is 0 Å². The maximum absolute atomic E-state index is 12.0. The number of hydrogen-bond acceptors (Lipinski definition) is 5. The number of non-ortho nitro benzene ring substituents is 1. The number of carbonyl (C=O) groups is 1. The Balaban J connectivity index is 2.06. The molecule has 0 atom stereocenters. The molecule has 9 heteroatoms. The lowest BCUT2D eigenvalue weighted by molar-refractivity contribution is -0.384. The smallest absolute Gasteiger partial charge is 0.269 e. The third-order valence-electron chi connectivity index (χ3n) is 2.92. The molecule has 0 spiro atoms. The fourth-order valence-corrected chi connectivity index (χ4v) is 2.51. The minimum absolute atomic E-state index is 0.103. The Morgan fingerprint density at radius 3 is 2.13 bits per heavy atom. The van der Waals surface area contributed by atoms with E-state index < -0.39 is 20.9 Å². The molecule has 0 aliphatic heterocycles. The second kappa shape index (κ2) is 6.55. The molecule has 2 aromatic carbocycles. The summed E-state index contributed by atoms with van der Waals surface area (Å²) in [4.78, 5) is 22.0. The van der Waals surface area contributed by atoms with Gasteiger partial charge in [-0.25, -0.2) is 13.6 Å². The highest BCUT2D eigenvalue weighted by molar-refractivity contribution is 7.88. The molecule has 0 saturated carbocycles. The molecular weight excluding hydrogens is 322 g/mol. The zero-order valence-corrected chi connectivity index (χ0v) is 12.6. The molecule has 0 bridgehead atoms. The van der Waals surface area contributed by atoms with Crippen molar-refractivity contribution in [2.45, 2.75) is 5.75 Å². The summed E-state index contributed by atoms with van der Waals surface area (Å²) in [5.74, 6) is -0.720. The van der Waals surface area contributed by atoms with Crippen LogP contribution in [0.15, 0.2) is 48.5 Å². The quantitative estimate of drug-likeness (QED) is 0.633. The summed E-state index contributed by atoms with van der Waals surface area (Å²) in [6.07, 6.45) is 0. The van der Waals surface area contributed by atoms with Crippen LogP contribution in [0.25, 0.3) is 0 Å². The van der Waals surface area contributed by atoms with Gasteiger partial charge in [0.15, 0.2) is 0 Å². The first-order valence-corrected chi connectivity index (χ1v) is 8.11. The van der Waals surface area contributed by atoms with Crippen LogP contribution in [-0.2, 0) is 15.8 Å². The lowest BCUT2D eigenvalue weighted by atomic mass is 10.2. The first kappa shape index (κ1) is 16.6. The minimum atomic E-state index is -3.61. The van der Waals surface area contributed by atoms with Crippen LogP contribution in [0.2, 0.25) is 0 Å². The zero-order chi connectivity index (χ0) is 17.0. The molecule has 0 unspecified atom stereocenters. The number of carbonyl (C=O) groups excluding carboxylic acids is 1. The number of nitrogens with two attached hydrogens (primary N) is 1. The normalized spacial score (nSPS) is 11.0. The summed E-state index contributed by atoms with van der Waals surface area (Å²) >= 11 is 0. The first-order valence-electron chi connectivity index (χ1n) is 6.40. The molecule has 3 N–H and O–H groups in total. The van der Waals surface area contributed by atoms with Gasteiger partial charge in [0.25, 0.3) is 11.6 Å². The minimum Gasteiger partial charge on any atom is -0.322 e. The summed E-state index contributed by atoms with van der Waals surface area (Å²) in [6, 6.07) is 11.3. The Kier molecular flexibility index (Phi) is 4.72. The van der Waals surface area contributed by atoms with Crippen molar-refractivity contribution < 1.29 is 18.1 Å². The molecule has 23 heavy (non-hydrogen) atoms. The van der Waals surface area contributed by atoms with Gasteiger partial charge in [-0.1, -0.05) is 12.1 Å². The molecule has 0 radical (unpaired) electrons. The van der Waals surface area contributed by atoms with E-state index in [0.29, 0.717) is 11.3 Å². The van der Waals surface area contributed by atoms with Gasteiger partial charge in [0.2, 0.25) is 10.0 Å². The lowest BCUT2D eigenvalue weighted by Gasteiger charge is -2.06. The van der Waals surface area contributed by atoms with Crippen LogP contribution in [0.5, 0.6) is 0 Å². The average Bonchev–Trinajstić information content (AvgIpc) is 2.48. The number of nitro benzene ring substituents is 1. The van der Waals surface area contributed by atoms with Crippen molar-refractivity contribution in [2.75, 3.05) is 5.32 Å². The van der Waals surface area contributed by atoms with Crippen LogP contribution < -0.4 is 10.5 Å². The summed E-state index contributed by atoms with van der Waals surface area (Å²) in [6.45, 7) is 0. The number of nitrogens with zero attached hydrogens (tertiary/aromatic N) is 1. The molecular formula is C14H13N3O5S. The molecule has 1 amide bonds. The van der Waals surface area contributed by atoms with Crippen molar-refractivity contribution in [1.29, 1.82) is 0 Å². The standard InChI is InChI=1S/C14H13N3O5S/c15-23(21,22)9-10-1-5-12(6-2-10)16-14(18)11-3-7-13(8-4-11)17(19)20/h1-8H,9H2,(H,16,18)(H2,15,21,22). The second-order valence-electron chi connectivity index (χ2n) is 4.76. The van der Waals surface area contributed by atoms with E-state index in [0.717, 1.165) is 0 Å². The van der Waals surface area contributed by atoms with E-state index in [1.165, 1.54) is 36.4 Å².